The predicted octanol–water partition coefficient (Wildman–Crippen LogP) is 1.22. The van der Waals surface area contributed by atoms with Crippen LogP contribution in [0.15, 0.2) is 6.20 Å². The number of aromatic nitrogens is 2. The van der Waals surface area contributed by atoms with Gasteiger partial charge in [-0.15, -0.1) is 0 Å². The molecular formula is C13H23N3O2. The molecule has 1 unspecified atom stereocenters. The van der Waals surface area contributed by atoms with Gasteiger partial charge >= 0.3 is 0 Å². The Kier molecular flexibility index (Phi) is 4.51. The third-order valence-corrected chi connectivity index (χ3v) is 2.72. The van der Waals surface area contributed by atoms with Crippen molar-refractivity contribution in [2.24, 2.45) is 7.05 Å². The maximum Gasteiger partial charge on any atom is 0.254 e. The minimum atomic E-state index is -0.172. The number of nitrogens with zero attached hydrogens (tertiary/aromatic N) is 2. The lowest BCUT2D eigenvalue weighted by molar-refractivity contribution is 0.0932. The Bertz CT molecular complexity index is 418. The Hall–Kier alpha value is -1.36. The molecule has 0 radical (unpaired) electrons. The first-order valence-corrected chi connectivity index (χ1v) is 6.21. The van der Waals surface area contributed by atoms with Gasteiger partial charge in [-0.05, 0) is 13.3 Å². The van der Waals surface area contributed by atoms with Crippen molar-refractivity contribution in [2.45, 2.75) is 45.6 Å². The molecule has 5 heteroatoms. The molecule has 2 N–H and O–H groups in total. The second-order valence-corrected chi connectivity index (χ2v) is 5.70. The molecule has 0 aliphatic rings. The Morgan fingerprint density at radius 2 is 2.17 bits per heavy atom. The molecule has 0 saturated heterocycles. The van der Waals surface area contributed by atoms with Crippen LogP contribution in [0.2, 0.25) is 0 Å². The lowest BCUT2D eigenvalue weighted by Crippen LogP contribution is -2.34. The van der Waals surface area contributed by atoms with Crippen molar-refractivity contribution >= 4 is 5.91 Å². The number of carbonyl (C=O) groups excluding carboxylic acids is 1. The molecule has 1 amide bonds. The van der Waals surface area contributed by atoms with Gasteiger partial charge in [-0.1, -0.05) is 20.8 Å². The minimum Gasteiger partial charge on any atom is -0.396 e. The summed E-state index contributed by atoms with van der Waals surface area (Å²) < 4.78 is 1.66. The first-order valence-electron chi connectivity index (χ1n) is 6.21. The normalized spacial score (nSPS) is 13.4. The molecule has 0 spiro atoms. The van der Waals surface area contributed by atoms with Crippen LogP contribution < -0.4 is 5.32 Å². The summed E-state index contributed by atoms with van der Waals surface area (Å²) in [5.41, 5.74) is 1.22. The van der Waals surface area contributed by atoms with E-state index < -0.39 is 0 Å². The molecule has 0 bridgehead atoms. The number of aliphatic hydroxyl groups is 1. The van der Waals surface area contributed by atoms with E-state index >= 15 is 0 Å². The molecule has 0 aliphatic carbocycles. The quantitative estimate of drug-likeness (QED) is 0.847. The van der Waals surface area contributed by atoms with Crippen LogP contribution >= 0.6 is 0 Å². The van der Waals surface area contributed by atoms with Crippen LogP contribution in [0.5, 0.6) is 0 Å². The monoisotopic (exact) mass is 253 g/mol. The van der Waals surface area contributed by atoms with Crippen molar-refractivity contribution in [3.8, 4) is 0 Å². The average Bonchev–Trinajstić information content (AvgIpc) is 2.60. The van der Waals surface area contributed by atoms with Crippen molar-refractivity contribution in [1.29, 1.82) is 0 Å². The summed E-state index contributed by atoms with van der Waals surface area (Å²) >= 11 is 0. The van der Waals surface area contributed by atoms with Crippen LogP contribution in [0.4, 0.5) is 0 Å². The first-order chi connectivity index (χ1) is 8.25. The van der Waals surface area contributed by atoms with Gasteiger partial charge in [-0.3, -0.25) is 9.48 Å². The molecule has 5 nitrogen and oxygen atoms in total. The van der Waals surface area contributed by atoms with Gasteiger partial charge in [0, 0.05) is 31.3 Å². The lowest BCUT2D eigenvalue weighted by atomic mass is 9.89. The second kappa shape index (κ2) is 5.52. The molecule has 1 rings (SSSR count). The van der Waals surface area contributed by atoms with E-state index in [-0.39, 0.29) is 24.0 Å². The summed E-state index contributed by atoms with van der Waals surface area (Å²) in [6.45, 7) is 8.04. The van der Waals surface area contributed by atoms with Gasteiger partial charge in [0.1, 0.15) is 0 Å². The Morgan fingerprint density at radius 1 is 1.56 bits per heavy atom. The molecule has 0 fully saturated rings. The van der Waals surface area contributed by atoms with Crippen molar-refractivity contribution in [1.82, 2.24) is 15.1 Å². The van der Waals surface area contributed by atoms with E-state index in [1.54, 1.807) is 10.9 Å². The number of hydrogen-bond donors (Lipinski definition) is 2. The molecule has 0 aliphatic heterocycles. The van der Waals surface area contributed by atoms with Crippen LogP contribution in [0.25, 0.3) is 0 Å². The van der Waals surface area contributed by atoms with E-state index in [0.717, 1.165) is 5.69 Å². The Labute approximate surface area is 108 Å². The highest BCUT2D eigenvalue weighted by Gasteiger charge is 2.26. The zero-order valence-corrected chi connectivity index (χ0v) is 11.8. The smallest absolute Gasteiger partial charge is 0.254 e. The van der Waals surface area contributed by atoms with Gasteiger partial charge in [0.05, 0.1) is 11.3 Å². The molecule has 18 heavy (non-hydrogen) atoms. The zero-order chi connectivity index (χ0) is 13.9. The van der Waals surface area contributed by atoms with Gasteiger partial charge < -0.3 is 10.4 Å². The topological polar surface area (TPSA) is 67.2 Å². The SMILES string of the molecule is CC(CCO)NC(=O)c1cn(C)nc1C(C)(C)C. The summed E-state index contributed by atoms with van der Waals surface area (Å²) in [5.74, 6) is -0.131. The van der Waals surface area contributed by atoms with Crippen LogP contribution in [-0.4, -0.2) is 33.4 Å². The fourth-order valence-electron chi connectivity index (χ4n) is 1.78. The third-order valence-electron chi connectivity index (χ3n) is 2.72. The lowest BCUT2D eigenvalue weighted by Gasteiger charge is -2.18. The van der Waals surface area contributed by atoms with Crippen LogP contribution in [0.1, 0.15) is 50.2 Å². The highest BCUT2D eigenvalue weighted by atomic mass is 16.3. The highest BCUT2D eigenvalue weighted by Crippen LogP contribution is 2.24. The zero-order valence-electron chi connectivity index (χ0n) is 11.8. The molecule has 1 aromatic heterocycles. The van der Waals surface area contributed by atoms with Crippen LogP contribution in [-0.2, 0) is 12.5 Å². The molecular weight excluding hydrogens is 230 g/mol. The summed E-state index contributed by atoms with van der Waals surface area (Å²) in [7, 11) is 1.81. The summed E-state index contributed by atoms with van der Waals surface area (Å²) in [6, 6.07) is -0.0458. The van der Waals surface area contributed by atoms with Gasteiger partial charge in [0.15, 0.2) is 0 Å². The largest absolute Gasteiger partial charge is 0.396 e. The summed E-state index contributed by atoms with van der Waals surface area (Å²) in [5, 5.41) is 16.1. The molecule has 1 heterocycles. The fourth-order valence-corrected chi connectivity index (χ4v) is 1.78. The number of hydrogen-bond acceptors (Lipinski definition) is 3. The van der Waals surface area contributed by atoms with Crippen molar-refractivity contribution in [2.75, 3.05) is 6.61 Å². The van der Waals surface area contributed by atoms with E-state index in [0.29, 0.717) is 12.0 Å². The Morgan fingerprint density at radius 3 is 2.67 bits per heavy atom. The number of aryl methyl sites for hydroxylation is 1. The number of rotatable bonds is 4. The van der Waals surface area contributed by atoms with Crippen molar-refractivity contribution in [3.63, 3.8) is 0 Å². The summed E-state index contributed by atoms with van der Waals surface area (Å²) in [4.78, 5) is 12.2. The molecule has 102 valence electrons. The number of carbonyl (C=O) groups is 1. The van der Waals surface area contributed by atoms with Crippen LogP contribution in [0, 0.1) is 0 Å². The standard InChI is InChI=1S/C13H23N3O2/c1-9(6-7-17)14-12(18)10-8-16(5)15-11(10)13(2,3)4/h8-9,17H,6-7H2,1-5H3,(H,14,18). The van der Waals surface area contributed by atoms with E-state index in [4.69, 9.17) is 5.11 Å². The number of aliphatic hydroxyl groups excluding tert-OH is 1. The maximum atomic E-state index is 12.2. The van der Waals surface area contributed by atoms with E-state index in [2.05, 4.69) is 10.4 Å². The average molecular weight is 253 g/mol. The third kappa shape index (κ3) is 3.57. The number of amides is 1. The predicted molar refractivity (Wildman–Crippen MR) is 70.5 cm³/mol. The molecule has 1 atom stereocenters. The van der Waals surface area contributed by atoms with Gasteiger partial charge in [0.25, 0.3) is 5.91 Å². The molecule has 0 saturated carbocycles. The van der Waals surface area contributed by atoms with Crippen LogP contribution in [0.3, 0.4) is 0 Å². The van der Waals surface area contributed by atoms with Gasteiger partial charge in [-0.2, -0.15) is 5.10 Å². The van der Waals surface area contributed by atoms with E-state index in [1.165, 1.54) is 0 Å². The van der Waals surface area contributed by atoms with Gasteiger partial charge in [-0.25, -0.2) is 0 Å². The first kappa shape index (κ1) is 14.7. The maximum absolute atomic E-state index is 12.2. The van der Waals surface area contributed by atoms with E-state index in [1.807, 2.05) is 34.7 Å². The van der Waals surface area contributed by atoms with Gasteiger partial charge in [0.2, 0.25) is 0 Å². The minimum absolute atomic E-state index is 0.0458. The van der Waals surface area contributed by atoms with Crippen molar-refractivity contribution < 1.29 is 9.90 Å². The number of nitrogens with one attached hydrogen (secondary N) is 1. The summed E-state index contributed by atoms with van der Waals surface area (Å²) in [6.07, 6.45) is 2.29. The van der Waals surface area contributed by atoms with Crippen molar-refractivity contribution in [3.05, 3.63) is 17.5 Å². The molecule has 0 aromatic carbocycles. The second-order valence-electron chi connectivity index (χ2n) is 5.70. The van der Waals surface area contributed by atoms with E-state index in [9.17, 15) is 4.79 Å². The Balaban J connectivity index is 2.92. The fraction of sp³-hybridized carbons (Fsp3) is 0.692. The molecule has 1 aromatic rings. The highest BCUT2D eigenvalue weighted by molar-refractivity contribution is 5.95.